The van der Waals surface area contributed by atoms with Crippen LogP contribution in [0.4, 0.5) is 0 Å². The van der Waals surface area contributed by atoms with Crippen LogP contribution in [0.5, 0.6) is 0 Å². The Morgan fingerprint density at radius 2 is 2.07 bits per heavy atom. The van der Waals surface area contributed by atoms with E-state index in [1.165, 1.54) is 25.9 Å². The van der Waals surface area contributed by atoms with Crippen molar-refractivity contribution in [2.75, 3.05) is 39.4 Å². The molecule has 3 heteroatoms. The summed E-state index contributed by atoms with van der Waals surface area (Å²) in [5.41, 5.74) is 0. The van der Waals surface area contributed by atoms with E-state index in [0.717, 1.165) is 30.8 Å². The monoisotopic (exact) mass is 200 g/mol. The van der Waals surface area contributed by atoms with E-state index in [1.54, 1.807) is 0 Å². The summed E-state index contributed by atoms with van der Waals surface area (Å²) in [4.78, 5) is 0. The van der Waals surface area contributed by atoms with Gasteiger partial charge in [0.1, 0.15) is 19.2 Å². The molecule has 0 saturated carbocycles. The zero-order valence-electron chi connectivity index (χ0n) is 9.11. The van der Waals surface area contributed by atoms with E-state index in [2.05, 4.69) is 0 Å². The molecule has 0 amide bonds. The van der Waals surface area contributed by atoms with E-state index in [-0.39, 0.29) is 6.10 Å². The maximum atomic E-state index is 9.86. The Labute approximate surface area is 86.3 Å². The summed E-state index contributed by atoms with van der Waals surface area (Å²) in [5.74, 6) is 0.599. The van der Waals surface area contributed by atoms with Gasteiger partial charge < -0.3 is 14.3 Å². The van der Waals surface area contributed by atoms with E-state index in [4.69, 9.17) is 4.74 Å². The molecular formula is C11H22NO2+. The topological polar surface area (TPSA) is 29.5 Å². The highest BCUT2D eigenvalue weighted by Crippen LogP contribution is 2.33. The van der Waals surface area contributed by atoms with Crippen LogP contribution in [0.15, 0.2) is 0 Å². The summed E-state index contributed by atoms with van der Waals surface area (Å²) in [6.07, 6.45) is 2.39. The number of quaternary nitrogens is 1. The number of nitrogens with zero attached hydrogens (tertiary/aromatic N) is 1. The van der Waals surface area contributed by atoms with Crippen molar-refractivity contribution in [1.29, 1.82) is 0 Å². The second-order valence-corrected chi connectivity index (χ2v) is 4.80. The lowest BCUT2D eigenvalue weighted by Gasteiger charge is -2.51. The van der Waals surface area contributed by atoms with Crippen molar-refractivity contribution >= 4 is 0 Å². The first-order valence-corrected chi connectivity index (χ1v) is 5.87. The molecule has 3 aliphatic rings. The molecule has 0 aromatic rings. The van der Waals surface area contributed by atoms with Gasteiger partial charge in [0.05, 0.1) is 19.7 Å². The third-order valence-corrected chi connectivity index (χ3v) is 3.98. The first-order valence-electron chi connectivity index (χ1n) is 5.87. The van der Waals surface area contributed by atoms with E-state index in [0.29, 0.717) is 5.92 Å². The second-order valence-electron chi connectivity index (χ2n) is 4.80. The Morgan fingerprint density at radius 3 is 2.64 bits per heavy atom. The van der Waals surface area contributed by atoms with E-state index < -0.39 is 0 Å². The van der Waals surface area contributed by atoms with Crippen molar-refractivity contribution < 1.29 is 14.3 Å². The van der Waals surface area contributed by atoms with Crippen LogP contribution < -0.4 is 0 Å². The molecule has 82 valence electrons. The van der Waals surface area contributed by atoms with Gasteiger partial charge in [-0.3, -0.25) is 0 Å². The van der Waals surface area contributed by atoms with Crippen molar-refractivity contribution in [2.24, 2.45) is 5.92 Å². The molecule has 3 saturated heterocycles. The van der Waals surface area contributed by atoms with Crippen LogP contribution >= 0.6 is 0 Å². The SMILES string of the molecule is CCOCC[N+]12CCC(CC1)C(O)C2. The van der Waals surface area contributed by atoms with Crippen LogP contribution in [0.3, 0.4) is 0 Å². The molecule has 0 radical (unpaired) electrons. The fourth-order valence-electron chi connectivity index (χ4n) is 2.97. The van der Waals surface area contributed by atoms with E-state index >= 15 is 0 Å². The minimum Gasteiger partial charge on any atom is -0.387 e. The molecule has 3 fully saturated rings. The maximum absolute atomic E-state index is 9.86. The zero-order valence-corrected chi connectivity index (χ0v) is 9.11. The highest BCUT2D eigenvalue weighted by Gasteiger charge is 2.44. The van der Waals surface area contributed by atoms with Gasteiger partial charge in [-0.2, -0.15) is 0 Å². The van der Waals surface area contributed by atoms with Gasteiger partial charge in [0, 0.05) is 25.4 Å². The Balaban J connectivity index is 1.87. The lowest BCUT2D eigenvalue weighted by molar-refractivity contribution is -0.946. The molecule has 3 rings (SSSR count). The van der Waals surface area contributed by atoms with E-state index in [9.17, 15) is 5.11 Å². The minimum absolute atomic E-state index is 0.0425. The van der Waals surface area contributed by atoms with Crippen LogP contribution in [-0.2, 0) is 4.74 Å². The second kappa shape index (κ2) is 4.17. The molecule has 3 heterocycles. The van der Waals surface area contributed by atoms with Gasteiger partial charge in [-0.1, -0.05) is 0 Å². The first-order chi connectivity index (χ1) is 6.76. The predicted octanol–water partition coefficient (Wildman–Crippen LogP) is 0.624. The van der Waals surface area contributed by atoms with Crippen molar-refractivity contribution in [2.45, 2.75) is 25.9 Å². The molecule has 14 heavy (non-hydrogen) atoms. The van der Waals surface area contributed by atoms with E-state index in [1.807, 2.05) is 6.92 Å². The van der Waals surface area contributed by atoms with Gasteiger partial charge in [0.25, 0.3) is 0 Å². The molecule has 0 spiro atoms. The van der Waals surface area contributed by atoms with Gasteiger partial charge in [0.2, 0.25) is 0 Å². The quantitative estimate of drug-likeness (QED) is 0.532. The van der Waals surface area contributed by atoms with Crippen LogP contribution in [0.2, 0.25) is 0 Å². The molecule has 0 aliphatic carbocycles. The smallest absolute Gasteiger partial charge is 0.106 e. The number of hydrogen-bond acceptors (Lipinski definition) is 2. The zero-order chi connectivity index (χ0) is 10.0. The summed E-state index contributed by atoms with van der Waals surface area (Å²) < 4.78 is 6.53. The van der Waals surface area contributed by atoms with Crippen molar-refractivity contribution in [3.8, 4) is 0 Å². The third kappa shape index (κ3) is 1.95. The molecule has 1 unspecified atom stereocenters. The standard InChI is InChI=1S/C11H22NO2/c1-2-14-8-7-12-5-3-10(4-6-12)11(13)9-12/h10-11,13H,2-9H2,1H3/q+1. The van der Waals surface area contributed by atoms with Crippen molar-refractivity contribution in [3.05, 3.63) is 0 Å². The van der Waals surface area contributed by atoms with Crippen molar-refractivity contribution in [1.82, 2.24) is 0 Å². The number of aliphatic hydroxyl groups excluding tert-OH is 1. The largest absolute Gasteiger partial charge is 0.387 e. The summed E-state index contributed by atoms with van der Waals surface area (Å²) in [7, 11) is 0. The average molecular weight is 200 g/mol. The lowest BCUT2D eigenvalue weighted by Crippen LogP contribution is -2.64. The van der Waals surface area contributed by atoms with Crippen molar-refractivity contribution in [3.63, 3.8) is 0 Å². The minimum atomic E-state index is -0.0425. The third-order valence-electron chi connectivity index (χ3n) is 3.98. The number of hydrogen-bond donors (Lipinski definition) is 1. The molecular weight excluding hydrogens is 178 g/mol. The van der Waals surface area contributed by atoms with Gasteiger partial charge in [-0.15, -0.1) is 0 Å². The summed E-state index contributed by atoms with van der Waals surface area (Å²) in [6.45, 7) is 8.29. The number of aliphatic hydroxyl groups is 1. The van der Waals surface area contributed by atoms with Crippen LogP contribution in [-0.4, -0.2) is 55.1 Å². The Kier molecular flexibility index (Phi) is 3.10. The summed E-state index contributed by atoms with van der Waals surface area (Å²) in [6, 6.07) is 0. The molecule has 0 aromatic heterocycles. The van der Waals surface area contributed by atoms with Crippen LogP contribution in [0.1, 0.15) is 19.8 Å². The van der Waals surface area contributed by atoms with Gasteiger partial charge in [-0.25, -0.2) is 0 Å². The van der Waals surface area contributed by atoms with Gasteiger partial charge in [-0.05, 0) is 6.92 Å². The van der Waals surface area contributed by atoms with Crippen LogP contribution in [0.25, 0.3) is 0 Å². The fourth-order valence-corrected chi connectivity index (χ4v) is 2.97. The van der Waals surface area contributed by atoms with Gasteiger partial charge in [0.15, 0.2) is 0 Å². The fraction of sp³-hybridized carbons (Fsp3) is 1.00. The molecule has 1 atom stereocenters. The molecule has 3 nitrogen and oxygen atoms in total. The maximum Gasteiger partial charge on any atom is 0.106 e. The Morgan fingerprint density at radius 1 is 1.36 bits per heavy atom. The molecule has 3 aliphatic heterocycles. The summed E-state index contributed by atoms with van der Waals surface area (Å²) >= 11 is 0. The number of piperidine rings is 3. The number of rotatable bonds is 4. The highest BCUT2D eigenvalue weighted by atomic mass is 16.5. The summed E-state index contributed by atoms with van der Waals surface area (Å²) in [5, 5.41) is 9.86. The number of fused-ring (bicyclic) bond motifs is 3. The van der Waals surface area contributed by atoms with Gasteiger partial charge >= 0.3 is 0 Å². The average Bonchev–Trinajstić information content (AvgIpc) is 2.19. The van der Waals surface area contributed by atoms with Crippen LogP contribution in [0, 0.1) is 5.92 Å². The number of ether oxygens (including phenoxy) is 1. The molecule has 2 bridgehead atoms. The Bertz CT molecular complexity index is 188. The predicted molar refractivity (Wildman–Crippen MR) is 55.0 cm³/mol. The highest BCUT2D eigenvalue weighted by molar-refractivity contribution is 4.79. The Hall–Kier alpha value is -0.120. The first kappa shape index (κ1) is 10.4. The molecule has 0 aromatic carbocycles. The lowest BCUT2D eigenvalue weighted by atomic mass is 9.83. The molecule has 1 N–H and O–H groups in total. The normalized spacial score (nSPS) is 41.6.